The normalized spacial score (nSPS) is 10.2. The molecule has 94 valence electrons. The quantitative estimate of drug-likeness (QED) is 0.891. The standard InChI is InChI=1S/C12H14N4OS/c1-7-4-5-8(2)9(6-7)14-10(17)11-15-16-12(13-3)18-11/h4-6H,1-3H3,(H,13,16)(H,14,17). The van der Waals surface area contributed by atoms with E-state index in [1.807, 2.05) is 32.0 Å². The molecule has 1 amide bonds. The van der Waals surface area contributed by atoms with Crippen LogP contribution in [0, 0.1) is 13.8 Å². The van der Waals surface area contributed by atoms with E-state index in [1.54, 1.807) is 7.05 Å². The van der Waals surface area contributed by atoms with Crippen LogP contribution >= 0.6 is 11.3 Å². The Morgan fingerprint density at radius 2 is 2.06 bits per heavy atom. The van der Waals surface area contributed by atoms with Crippen molar-refractivity contribution in [2.45, 2.75) is 13.8 Å². The molecule has 2 N–H and O–H groups in total. The van der Waals surface area contributed by atoms with Crippen LogP contribution in [0.4, 0.5) is 10.8 Å². The van der Waals surface area contributed by atoms with Crippen LogP contribution in [0.3, 0.4) is 0 Å². The third-order valence-electron chi connectivity index (χ3n) is 2.47. The molecule has 1 aromatic heterocycles. The lowest BCUT2D eigenvalue weighted by molar-refractivity contribution is 0.102. The molecule has 2 rings (SSSR count). The maximum atomic E-state index is 12.0. The highest BCUT2D eigenvalue weighted by atomic mass is 32.1. The fourth-order valence-electron chi connectivity index (χ4n) is 1.46. The van der Waals surface area contributed by atoms with Crippen molar-refractivity contribution in [3.8, 4) is 0 Å². The number of aryl methyl sites for hydroxylation is 2. The molecule has 0 radical (unpaired) electrons. The van der Waals surface area contributed by atoms with Crippen molar-refractivity contribution in [1.82, 2.24) is 10.2 Å². The Balaban J connectivity index is 2.18. The van der Waals surface area contributed by atoms with Gasteiger partial charge in [0, 0.05) is 12.7 Å². The Hall–Kier alpha value is -1.95. The van der Waals surface area contributed by atoms with E-state index in [1.165, 1.54) is 11.3 Å². The number of carbonyl (C=O) groups is 1. The first-order chi connectivity index (χ1) is 8.60. The van der Waals surface area contributed by atoms with Gasteiger partial charge in [-0.3, -0.25) is 4.79 Å². The van der Waals surface area contributed by atoms with E-state index in [-0.39, 0.29) is 5.91 Å². The molecule has 6 heteroatoms. The number of carbonyl (C=O) groups excluding carboxylic acids is 1. The summed E-state index contributed by atoms with van der Waals surface area (Å²) in [7, 11) is 1.74. The molecule has 0 aliphatic rings. The van der Waals surface area contributed by atoms with Crippen molar-refractivity contribution in [3.63, 3.8) is 0 Å². The largest absolute Gasteiger partial charge is 0.363 e. The van der Waals surface area contributed by atoms with Crippen LogP contribution in [0.5, 0.6) is 0 Å². The lowest BCUT2D eigenvalue weighted by atomic mass is 10.1. The average molecular weight is 262 g/mol. The van der Waals surface area contributed by atoms with Crippen LogP contribution in [0.15, 0.2) is 18.2 Å². The highest BCUT2D eigenvalue weighted by Gasteiger charge is 2.13. The molecular formula is C12H14N4OS. The lowest BCUT2D eigenvalue weighted by Crippen LogP contribution is -2.12. The number of anilines is 2. The van der Waals surface area contributed by atoms with Crippen molar-refractivity contribution in [2.75, 3.05) is 17.7 Å². The van der Waals surface area contributed by atoms with Crippen molar-refractivity contribution >= 4 is 28.1 Å². The summed E-state index contributed by atoms with van der Waals surface area (Å²) in [5, 5.41) is 14.3. The van der Waals surface area contributed by atoms with Gasteiger partial charge in [0.25, 0.3) is 5.91 Å². The van der Waals surface area contributed by atoms with Gasteiger partial charge in [-0.1, -0.05) is 23.5 Å². The number of nitrogens with one attached hydrogen (secondary N) is 2. The molecule has 0 unspecified atom stereocenters. The first-order valence-corrected chi connectivity index (χ1v) is 6.31. The molecule has 18 heavy (non-hydrogen) atoms. The average Bonchev–Trinajstić information content (AvgIpc) is 2.82. The highest BCUT2D eigenvalue weighted by molar-refractivity contribution is 7.17. The number of hydrogen-bond acceptors (Lipinski definition) is 5. The van der Waals surface area contributed by atoms with E-state index in [0.717, 1.165) is 16.8 Å². The van der Waals surface area contributed by atoms with Gasteiger partial charge in [-0.2, -0.15) is 0 Å². The number of nitrogens with zero attached hydrogens (tertiary/aromatic N) is 2. The van der Waals surface area contributed by atoms with E-state index in [9.17, 15) is 4.79 Å². The van der Waals surface area contributed by atoms with Crippen molar-refractivity contribution < 1.29 is 4.79 Å². The second kappa shape index (κ2) is 5.14. The smallest absolute Gasteiger partial charge is 0.286 e. The molecule has 0 atom stereocenters. The summed E-state index contributed by atoms with van der Waals surface area (Å²) in [4.78, 5) is 12.0. The van der Waals surface area contributed by atoms with E-state index < -0.39 is 0 Å². The zero-order valence-electron chi connectivity index (χ0n) is 10.4. The number of rotatable bonds is 3. The van der Waals surface area contributed by atoms with Crippen molar-refractivity contribution in [2.24, 2.45) is 0 Å². The Morgan fingerprint density at radius 3 is 2.72 bits per heavy atom. The van der Waals surface area contributed by atoms with Gasteiger partial charge >= 0.3 is 0 Å². The van der Waals surface area contributed by atoms with Crippen LogP contribution in [0.1, 0.15) is 20.9 Å². The van der Waals surface area contributed by atoms with Gasteiger partial charge < -0.3 is 10.6 Å². The first kappa shape index (κ1) is 12.5. The molecule has 0 aliphatic heterocycles. The van der Waals surface area contributed by atoms with Crippen molar-refractivity contribution in [1.29, 1.82) is 0 Å². The summed E-state index contributed by atoms with van der Waals surface area (Å²) in [6.45, 7) is 3.94. The minimum atomic E-state index is -0.234. The maximum Gasteiger partial charge on any atom is 0.286 e. The summed E-state index contributed by atoms with van der Waals surface area (Å²) in [6.07, 6.45) is 0. The number of benzene rings is 1. The van der Waals surface area contributed by atoms with Crippen LogP contribution < -0.4 is 10.6 Å². The third kappa shape index (κ3) is 2.65. The van der Waals surface area contributed by atoms with E-state index in [0.29, 0.717) is 10.1 Å². The molecule has 0 bridgehead atoms. The molecule has 5 nitrogen and oxygen atoms in total. The van der Waals surface area contributed by atoms with Crippen LogP contribution in [0.2, 0.25) is 0 Å². The topological polar surface area (TPSA) is 66.9 Å². The Labute approximate surface area is 109 Å². The summed E-state index contributed by atoms with van der Waals surface area (Å²) in [5.74, 6) is -0.234. The van der Waals surface area contributed by atoms with Crippen LogP contribution in [-0.2, 0) is 0 Å². The molecule has 0 fully saturated rings. The molecule has 2 aromatic rings. The summed E-state index contributed by atoms with van der Waals surface area (Å²) < 4.78 is 0. The maximum absolute atomic E-state index is 12.0. The van der Waals surface area contributed by atoms with Crippen molar-refractivity contribution in [3.05, 3.63) is 34.3 Å². The van der Waals surface area contributed by atoms with E-state index in [4.69, 9.17) is 0 Å². The van der Waals surface area contributed by atoms with Gasteiger partial charge in [0.05, 0.1) is 0 Å². The monoisotopic (exact) mass is 262 g/mol. The van der Waals surface area contributed by atoms with Gasteiger partial charge in [0.1, 0.15) is 0 Å². The summed E-state index contributed by atoms with van der Waals surface area (Å²) in [6, 6.07) is 5.92. The predicted molar refractivity (Wildman–Crippen MR) is 73.3 cm³/mol. The van der Waals surface area contributed by atoms with Gasteiger partial charge in [-0.25, -0.2) is 0 Å². The zero-order valence-corrected chi connectivity index (χ0v) is 11.3. The van der Waals surface area contributed by atoms with E-state index >= 15 is 0 Å². The second-order valence-electron chi connectivity index (χ2n) is 3.93. The number of hydrogen-bond donors (Lipinski definition) is 2. The molecule has 0 spiro atoms. The van der Waals surface area contributed by atoms with Crippen LogP contribution in [-0.4, -0.2) is 23.2 Å². The molecular weight excluding hydrogens is 248 g/mol. The predicted octanol–water partition coefficient (Wildman–Crippen LogP) is 2.45. The second-order valence-corrected chi connectivity index (χ2v) is 4.91. The first-order valence-electron chi connectivity index (χ1n) is 5.50. The van der Waals surface area contributed by atoms with Crippen LogP contribution in [0.25, 0.3) is 0 Å². The van der Waals surface area contributed by atoms with Gasteiger partial charge in [0.15, 0.2) is 0 Å². The Bertz CT molecular complexity index is 579. The number of amides is 1. The molecule has 0 saturated carbocycles. The van der Waals surface area contributed by atoms with Gasteiger partial charge in [-0.05, 0) is 31.0 Å². The molecule has 1 aromatic carbocycles. The minimum absolute atomic E-state index is 0.234. The van der Waals surface area contributed by atoms with Gasteiger partial charge in [0.2, 0.25) is 10.1 Å². The highest BCUT2D eigenvalue weighted by Crippen LogP contribution is 2.19. The lowest BCUT2D eigenvalue weighted by Gasteiger charge is -2.07. The fourth-order valence-corrected chi connectivity index (χ4v) is 2.05. The molecule has 1 heterocycles. The molecule has 0 saturated heterocycles. The van der Waals surface area contributed by atoms with E-state index in [2.05, 4.69) is 20.8 Å². The fraction of sp³-hybridized carbons (Fsp3) is 0.250. The number of aromatic nitrogens is 2. The summed E-state index contributed by atoms with van der Waals surface area (Å²) in [5.41, 5.74) is 2.93. The minimum Gasteiger partial charge on any atom is -0.363 e. The third-order valence-corrected chi connectivity index (χ3v) is 3.41. The Morgan fingerprint density at radius 1 is 1.28 bits per heavy atom. The zero-order chi connectivity index (χ0) is 13.1. The summed E-state index contributed by atoms with van der Waals surface area (Å²) >= 11 is 1.22. The Kier molecular flexibility index (Phi) is 3.57. The van der Waals surface area contributed by atoms with Gasteiger partial charge in [-0.15, -0.1) is 10.2 Å². The molecule has 0 aliphatic carbocycles. The SMILES string of the molecule is CNc1nnc(C(=O)Nc2cc(C)ccc2C)s1.